The van der Waals surface area contributed by atoms with Gasteiger partial charge in [-0.05, 0) is 36.4 Å². The van der Waals surface area contributed by atoms with Gasteiger partial charge in [-0.2, -0.15) is 0 Å². The third-order valence-corrected chi connectivity index (χ3v) is 5.54. The molecule has 2 aromatic rings. The predicted octanol–water partition coefficient (Wildman–Crippen LogP) is 4.49. The Labute approximate surface area is 178 Å². The van der Waals surface area contributed by atoms with Gasteiger partial charge in [0.25, 0.3) is 0 Å². The molecule has 0 aliphatic carbocycles. The largest absolute Gasteiger partial charge is 0.497 e. The lowest BCUT2D eigenvalue weighted by Crippen LogP contribution is -2.33. The van der Waals surface area contributed by atoms with Gasteiger partial charge in [-0.15, -0.1) is 6.58 Å². The molecule has 1 aliphatic heterocycles. The van der Waals surface area contributed by atoms with Crippen LogP contribution in [0.25, 0.3) is 0 Å². The average molecular weight is 430 g/mol. The molecule has 0 bridgehead atoms. The zero-order chi connectivity index (χ0) is 20.8. The monoisotopic (exact) mass is 429 g/mol. The van der Waals surface area contributed by atoms with Gasteiger partial charge in [0.15, 0.2) is 5.17 Å². The zero-order valence-electron chi connectivity index (χ0n) is 15.8. The molecule has 29 heavy (non-hydrogen) atoms. The van der Waals surface area contributed by atoms with Crippen LogP contribution in [0.1, 0.15) is 6.42 Å². The lowest BCUT2D eigenvalue weighted by Gasteiger charge is -2.14. The molecular formula is C21H20ClN3O3S. The predicted molar refractivity (Wildman–Crippen MR) is 118 cm³/mol. The van der Waals surface area contributed by atoms with E-state index in [9.17, 15) is 9.59 Å². The summed E-state index contributed by atoms with van der Waals surface area (Å²) in [6.07, 6.45) is 1.67. The Morgan fingerprint density at radius 3 is 2.79 bits per heavy atom. The number of hydrogen-bond donors (Lipinski definition) is 1. The van der Waals surface area contributed by atoms with Crippen LogP contribution in [0.4, 0.5) is 11.4 Å². The third kappa shape index (κ3) is 5.40. The number of ether oxygens (including phenoxy) is 1. The number of halogens is 1. The van der Waals surface area contributed by atoms with Crippen molar-refractivity contribution < 1.29 is 14.3 Å². The van der Waals surface area contributed by atoms with Crippen LogP contribution in [0, 0.1) is 0 Å². The number of carbonyl (C=O) groups excluding carboxylic acids is 2. The van der Waals surface area contributed by atoms with E-state index in [4.69, 9.17) is 16.3 Å². The maximum atomic E-state index is 12.8. The summed E-state index contributed by atoms with van der Waals surface area (Å²) < 4.78 is 5.22. The Balaban J connectivity index is 1.74. The summed E-state index contributed by atoms with van der Waals surface area (Å²) in [6, 6.07) is 14.1. The molecule has 1 atom stereocenters. The fourth-order valence-corrected chi connectivity index (χ4v) is 4.02. The molecule has 1 saturated heterocycles. The lowest BCUT2D eigenvalue weighted by atomic mass is 10.2. The van der Waals surface area contributed by atoms with E-state index < -0.39 is 5.25 Å². The molecule has 150 valence electrons. The molecule has 1 aliphatic rings. The first-order valence-electron chi connectivity index (χ1n) is 8.87. The highest BCUT2D eigenvalue weighted by Crippen LogP contribution is 2.32. The number of aliphatic imine (C=N–C) groups is 1. The average Bonchev–Trinajstić information content (AvgIpc) is 2.99. The third-order valence-electron chi connectivity index (χ3n) is 4.11. The summed E-state index contributed by atoms with van der Waals surface area (Å²) in [5, 5.41) is 3.36. The highest BCUT2D eigenvalue weighted by Gasteiger charge is 2.38. The quantitative estimate of drug-likeness (QED) is 0.658. The van der Waals surface area contributed by atoms with Gasteiger partial charge in [-0.1, -0.05) is 35.5 Å². The van der Waals surface area contributed by atoms with Crippen molar-refractivity contribution in [1.82, 2.24) is 4.90 Å². The van der Waals surface area contributed by atoms with Crippen LogP contribution < -0.4 is 10.1 Å². The normalized spacial score (nSPS) is 17.4. The van der Waals surface area contributed by atoms with Crippen LogP contribution in [0.5, 0.6) is 5.75 Å². The number of methoxy groups -OCH3 is 1. The van der Waals surface area contributed by atoms with E-state index in [0.717, 1.165) is 0 Å². The van der Waals surface area contributed by atoms with E-state index in [1.807, 2.05) is 18.2 Å². The van der Waals surface area contributed by atoms with Gasteiger partial charge in [0.2, 0.25) is 11.8 Å². The summed E-state index contributed by atoms with van der Waals surface area (Å²) in [6.45, 7) is 4.03. The second-order valence-electron chi connectivity index (χ2n) is 6.20. The van der Waals surface area contributed by atoms with Crippen molar-refractivity contribution in [2.75, 3.05) is 19.0 Å². The van der Waals surface area contributed by atoms with Crippen LogP contribution in [0.15, 0.2) is 66.2 Å². The standard InChI is InChI=1S/C21H20ClN3O3S/c1-3-11-25-20(27)18(13-19(26)23-15-9-7-14(22)8-10-15)29-21(25)24-16-5-4-6-17(12-16)28-2/h3-10,12,18H,1,11,13H2,2H3,(H,23,26)/t18-/m1/s1. The molecule has 0 spiro atoms. The molecule has 2 amide bonds. The first-order chi connectivity index (χ1) is 14.0. The molecule has 1 N–H and O–H groups in total. The zero-order valence-corrected chi connectivity index (χ0v) is 17.4. The maximum absolute atomic E-state index is 12.8. The number of amidine groups is 1. The second-order valence-corrected chi connectivity index (χ2v) is 7.81. The first kappa shape index (κ1) is 21.0. The molecule has 0 aromatic heterocycles. The van der Waals surface area contributed by atoms with E-state index in [-0.39, 0.29) is 18.2 Å². The maximum Gasteiger partial charge on any atom is 0.242 e. The minimum absolute atomic E-state index is 0.0386. The minimum Gasteiger partial charge on any atom is -0.497 e. The molecule has 1 fully saturated rings. The first-order valence-corrected chi connectivity index (χ1v) is 10.1. The second kappa shape index (κ2) is 9.62. The number of amides is 2. The number of hydrogen-bond acceptors (Lipinski definition) is 5. The molecule has 0 saturated carbocycles. The van der Waals surface area contributed by atoms with Gasteiger partial charge in [0, 0.05) is 29.7 Å². The molecule has 0 radical (unpaired) electrons. The van der Waals surface area contributed by atoms with Crippen molar-refractivity contribution in [3.63, 3.8) is 0 Å². The van der Waals surface area contributed by atoms with Gasteiger partial charge < -0.3 is 10.1 Å². The van der Waals surface area contributed by atoms with Gasteiger partial charge in [-0.3, -0.25) is 14.5 Å². The van der Waals surface area contributed by atoms with Crippen LogP contribution in [-0.2, 0) is 9.59 Å². The van der Waals surface area contributed by atoms with Gasteiger partial charge >= 0.3 is 0 Å². The number of nitrogens with one attached hydrogen (secondary N) is 1. The SMILES string of the molecule is C=CCN1C(=O)[C@@H](CC(=O)Nc2ccc(Cl)cc2)SC1=Nc1cccc(OC)c1. The molecule has 0 unspecified atom stereocenters. The molecule has 6 nitrogen and oxygen atoms in total. The minimum atomic E-state index is -0.549. The van der Waals surface area contributed by atoms with Crippen molar-refractivity contribution >= 4 is 51.7 Å². The lowest BCUT2D eigenvalue weighted by molar-refractivity contribution is -0.127. The van der Waals surface area contributed by atoms with Gasteiger partial charge in [-0.25, -0.2) is 4.99 Å². The topological polar surface area (TPSA) is 71.0 Å². The Kier molecular flexibility index (Phi) is 6.95. The van der Waals surface area contributed by atoms with Gasteiger partial charge in [0.05, 0.1) is 12.8 Å². The highest BCUT2D eigenvalue weighted by atomic mass is 35.5. The number of carbonyl (C=O) groups is 2. The Morgan fingerprint density at radius 2 is 2.10 bits per heavy atom. The van der Waals surface area contributed by atoms with Crippen molar-refractivity contribution in [1.29, 1.82) is 0 Å². The molecule has 8 heteroatoms. The Hall–Kier alpha value is -2.77. The van der Waals surface area contributed by atoms with Crippen LogP contribution >= 0.6 is 23.4 Å². The van der Waals surface area contributed by atoms with E-state index in [1.165, 1.54) is 16.7 Å². The number of benzene rings is 2. The van der Waals surface area contributed by atoms with E-state index in [2.05, 4.69) is 16.9 Å². The highest BCUT2D eigenvalue weighted by molar-refractivity contribution is 8.15. The van der Waals surface area contributed by atoms with Crippen molar-refractivity contribution in [2.45, 2.75) is 11.7 Å². The Bertz CT molecular complexity index is 946. The van der Waals surface area contributed by atoms with Crippen molar-refractivity contribution in [3.8, 4) is 5.75 Å². The summed E-state index contributed by atoms with van der Waals surface area (Å²) in [4.78, 5) is 31.3. The summed E-state index contributed by atoms with van der Waals surface area (Å²) in [5.41, 5.74) is 1.29. The van der Waals surface area contributed by atoms with Crippen LogP contribution in [0.2, 0.25) is 5.02 Å². The summed E-state index contributed by atoms with van der Waals surface area (Å²) in [7, 11) is 1.58. The van der Waals surface area contributed by atoms with E-state index in [1.54, 1.807) is 43.5 Å². The summed E-state index contributed by atoms with van der Waals surface area (Å²) in [5.74, 6) is 0.262. The number of rotatable bonds is 7. The van der Waals surface area contributed by atoms with E-state index >= 15 is 0 Å². The molecule has 1 heterocycles. The smallest absolute Gasteiger partial charge is 0.242 e. The van der Waals surface area contributed by atoms with Crippen molar-refractivity contribution in [2.24, 2.45) is 4.99 Å². The molecule has 2 aromatic carbocycles. The number of thioether (sulfide) groups is 1. The fourth-order valence-electron chi connectivity index (χ4n) is 2.73. The molecule has 3 rings (SSSR count). The summed E-state index contributed by atoms with van der Waals surface area (Å²) >= 11 is 7.13. The van der Waals surface area contributed by atoms with Crippen LogP contribution in [0.3, 0.4) is 0 Å². The van der Waals surface area contributed by atoms with Gasteiger partial charge in [0.1, 0.15) is 11.0 Å². The van der Waals surface area contributed by atoms with Crippen LogP contribution in [-0.4, -0.2) is 40.8 Å². The van der Waals surface area contributed by atoms with Crippen molar-refractivity contribution in [3.05, 3.63) is 66.2 Å². The number of nitrogens with zero attached hydrogens (tertiary/aromatic N) is 2. The number of anilines is 1. The van der Waals surface area contributed by atoms with E-state index in [0.29, 0.717) is 33.9 Å². The molecular weight excluding hydrogens is 410 g/mol. The Morgan fingerprint density at radius 1 is 1.34 bits per heavy atom. The fraction of sp³-hybridized carbons (Fsp3) is 0.190.